The third kappa shape index (κ3) is 2.17. The molecule has 0 aromatic carbocycles. The summed E-state index contributed by atoms with van der Waals surface area (Å²) in [6, 6.07) is 0. The van der Waals surface area contributed by atoms with E-state index in [1.807, 2.05) is 11.8 Å². The lowest BCUT2D eigenvalue weighted by molar-refractivity contribution is -0.134. The third-order valence-electron chi connectivity index (χ3n) is 4.34. The Morgan fingerprint density at radius 2 is 2.16 bits per heavy atom. The number of rotatable bonds is 2. The monoisotopic (exact) mass is 261 g/mol. The van der Waals surface area contributed by atoms with Crippen molar-refractivity contribution in [2.75, 3.05) is 6.54 Å². The highest BCUT2D eigenvalue weighted by Gasteiger charge is 2.40. The maximum Gasteiger partial charge on any atom is 0.229 e. The third-order valence-corrected chi connectivity index (χ3v) is 4.34. The number of hydrogen-bond donors (Lipinski definition) is 0. The van der Waals surface area contributed by atoms with Crippen LogP contribution in [0.2, 0.25) is 0 Å². The van der Waals surface area contributed by atoms with Gasteiger partial charge in [-0.2, -0.15) is 0 Å². The summed E-state index contributed by atoms with van der Waals surface area (Å²) < 4.78 is 4.66. The van der Waals surface area contributed by atoms with Gasteiger partial charge in [0, 0.05) is 6.54 Å². The number of aromatic nitrogens is 2. The summed E-state index contributed by atoms with van der Waals surface area (Å²) in [6.45, 7) is 2.54. The first-order valence-corrected chi connectivity index (χ1v) is 6.97. The molecule has 5 nitrogen and oxygen atoms in total. The topological polar surface area (TPSA) is 59.2 Å². The number of carbonyl (C=O) groups excluding carboxylic acids is 1. The van der Waals surface area contributed by atoms with Crippen LogP contribution in [0.25, 0.3) is 0 Å². The molecule has 0 unspecified atom stereocenters. The molecule has 1 saturated carbocycles. The Morgan fingerprint density at radius 1 is 1.37 bits per heavy atom. The largest absolute Gasteiger partial charge is 0.330 e. The lowest BCUT2D eigenvalue weighted by Gasteiger charge is -2.41. The van der Waals surface area contributed by atoms with E-state index < -0.39 is 0 Å². The van der Waals surface area contributed by atoms with E-state index >= 15 is 0 Å². The standard InChI is InChI=1S/C14H19N3O2/c1-11-12(16-19-15-11)10-13(18)17-9-5-8-14(17)6-3-2-4-7-14/h5,8H,2-4,6-7,9-10H2,1H3. The van der Waals surface area contributed by atoms with Crippen LogP contribution < -0.4 is 0 Å². The van der Waals surface area contributed by atoms with Gasteiger partial charge in [0.05, 0.1) is 12.0 Å². The maximum atomic E-state index is 12.5. The molecule has 2 aliphatic rings. The predicted octanol–water partition coefficient (Wildman–Crippen LogP) is 2.02. The van der Waals surface area contributed by atoms with Gasteiger partial charge in [-0.15, -0.1) is 0 Å². The second kappa shape index (κ2) is 4.79. The lowest BCUT2D eigenvalue weighted by Crippen LogP contribution is -2.49. The molecule has 2 heterocycles. The van der Waals surface area contributed by atoms with Gasteiger partial charge >= 0.3 is 0 Å². The summed E-state index contributed by atoms with van der Waals surface area (Å²) >= 11 is 0. The minimum absolute atomic E-state index is 0.0274. The fourth-order valence-corrected chi connectivity index (χ4v) is 3.25. The Labute approximate surface area is 112 Å². The van der Waals surface area contributed by atoms with Gasteiger partial charge in [0.2, 0.25) is 5.91 Å². The average Bonchev–Trinajstić information content (AvgIpc) is 2.98. The van der Waals surface area contributed by atoms with Crippen molar-refractivity contribution in [1.82, 2.24) is 15.2 Å². The molecule has 0 atom stereocenters. The van der Waals surface area contributed by atoms with E-state index in [2.05, 4.69) is 27.1 Å². The SMILES string of the molecule is Cc1nonc1CC(=O)N1CC=CC12CCCCC2. The summed E-state index contributed by atoms with van der Waals surface area (Å²) in [5.74, 6) is 0.130. The van der Waals surface area contributed by atoms with Crippen molar-refractivity contribution in [2.24, 2.45) is 0 Å². The van der Waals surface area contributed by atoms with Crippen molar-refractivity contribution < 1.29 is 9.42 Å². The zero-order valence-corrected chi connectivity index (χ0v) is 11.3. The van der Waals surface area contributed by atoms with Crippen LogP contribution in [-0.2, 0) is 11.2 Å². The zero-order valence-electron chi connectivity index (χ0n) is 11.3. The van der Waals surface area contributed by atoms with Crippen molar-refractivity contribution in [3.8, 4) is 0 Å². The van der Waals surface area contributed by atoms with E-state index in [4.69, 9.17) is 0 Å². The second-order valence-corrected chi connectivity index (χ2v) is 5.54. The molecule has 1 spiro atoms. The molecular weight excluding hydrogens is 242 g/mol. The van der Waals surface area contributed by atoms with Crippen molar-refractivity contribution in [3.63, 3.8) is 0 Å². The van der Waals surface area contributed by atoms with Crippen LogP contribution in [-0.4, -0.2) is 33.2 Å². The van der Waals surface area contributed by atoms with Gasteiger partial charge in [-0.25, -0.2) is 4.63 Å². The molecule has 0 saturated heterocycles. The van der Waals surface area contributed by atoms with Gasteiger partial charge in [-0.05, 0) is 19.8 Å². The van der Waals surface area contributed by atoms with Crippen LogP contribution in [0, 0.1) is 6.92 Å². The minimum Gasteiger partial charge on any atom is -0.330 e. The first-order chi connectivity index (χ1) is 9.21. The zero-order chi connectivity index (χ0) is 13.3. The first-order valence-electron chi connectivity index (χ1n) is 6.97. The fraction of sp³-hybridized carbons (Fsp3) is 0.643. The maximum absolute atomic E-state index is 12.5. The quantitative estimate of drug-likeness (QED) is 0.764. The van der Waals surface area contributed by atoms with E-state index in [0.717, 1.165) is 19.4 Å². The highest BCUT2D eigenvalue weighted by molar-refractivity contribution is 5.80. The molecule has 19 heavy (non-hydrogen) atoms. The molecule has 1 aliphatic heterocycles. The smallest absolute Gasteiger partial charge is 0.229 e. The van der Waals surface area contributed by atoms with E-state index in [9.17, 15) is 4.79 Å². The molecule has 0 N–H and O–H groups in total. The lowest BCUT2D eigenvalue weighted by atomic mass is 9.81. The average molecular weight is 261 g/mol. The van der Waals surface area contributed by atoms with Crippen LogP contribution in [0.1, 0.15) is 43.5 Å². The Kier molecular flexibility index (Phi) is 3.12. The van der Waals surface area contributed by atoms with E-state index in [1.165, 1.54) is 19.3 Å². The van der Waals surface area contributed by atoms with Crippen LogP contribution in [0.3, 0.4) is 0 Å². The number of carbonyl (C=O) groups is 1. The molecular formula is C14H19N3O2. The highest BCUT2D eigenvalue weighted by atomic mass is 16.6. The van der Waals surface area contributed by atoms with Gasteiger partial charge in [0.15, 0.2) is 0 Å². The highest BCUT2D eigenvalue weighted by Crippen LogP contribution is 2.38. The van der Waals surface area contributed by atoms with Crippen LogP contribution >= 0.6 is 0 Å². The Bertz CT molecular complexity index is 501. The molecule has 1 aromatic rings. The van der Waals surface area contributed by atoms with E-state index in [1.54, 1.807) is 0 Å². The molecule has 1 aliphatic carbocycles. The van der Waals surface area contributed by atoms with Crippen molar-refractivity contribution in [2.45, 2.75) is 51.0 Å². The molecule has 5 heteroatoms. The molecule has 1 fully saturated rings. The Hall–Kier alpha value is -1.65. The Balaban J connectivity index is 1.74. The van der Waals surface area contributed by atoms with Gasteiger partial charge in [-0.1, -0.05) is 41.7 Å². The van der Waals surface area contributed by atoms with Crippen LogP contribution in [0.4, 0.5) is 0 Å². The van der Waals surface area contributed by atoms with E-state index in [0.29, 0.717) is 17.8 Å². The van der Waals surface area contributed by atoms with Gasteiger partial charge < -0.3 is 4.90 Å². The summed E-state index contributed by atoms with van der Waals surface area (Å²) in [6.07, 6.45) is 10.5. The van der Waals surface area contributed by atoms with Gasteiger partial charge in [-0.3, -0.25) is 4.79 Å². The van der Waals surface area contributed by atoms with Crippen LogP contribution in [0.5, 0.6) is 0 Å². The number of nitrogens with zero attached hydrogens (tertiary/aromatic N) is 3. The normalized spacial score (nSPS) is 21.2. The summed E-state index contributed by atoms with van der Waals surface area (Å²) in [4.78, 5) is 14.5. The van der Waals surface area contributed by atoms with Crippen LogP contribution in [0.15, 0.2) is 16.8 Å². The first kappa shape index (κ1) is 12.4. The van der Waals surface area contributed by atoms with Gasteiger partial charge in [0.25, 0.3) is 0 Å². The minimum atomic E-state index is -0.0274. The second-order valence-electron chi connectivity index (χ2n) is 5.54. The number of amides is 1. The molecule has 0 bridgehead atoms. The predicted molar refractivity (Wildman–Crippen MR) is 69.4 cm³/mol. The molecule has 1 aromatic heterocycles. The summed E-state index contributed by atoms with van der Waals surface area (Å²) in [5, 5.41) is 7.53. The summed E-state index contributed by atoms with van der Waals surface area (Å²) in [7, 11) is 0. The molecule has 0 radical (unpaired) electrons. The Morgan fingerprint density at radius 3 is 2.84 bits per heavy atom. The van der Waals surface area contributed by atoms with E-state index in [-0.39, 0.29) is 11.4 Å². The molecule has 102 valence electrons. The molecule has 3 rings (SSSR count). The summed E-state index contributed by atoms with van der Waals surface area (Å²) in [5.41, 5.74) is 1.33. The van der Waals surface area contributed by atoms with Crippen molar-refractivity contribution in [1.29, 1.82) is 0 Å². The fourth-order valence-electron chi connectivity index (χ4n) is 3.25. The van der Waals surface area contributed by atoms with Crippen molar-refractivity contribution >= 4 is 5.91 Å². The van der Waals surface area contributed by atoms with Crippen molar-refractivity contribution in [3.05, 3.63) is 23.5 Å². The molecule has 1 amide bonds. The van der Waals surface area contributed by atoms with Gasteiger partial charge in [0.1, 0.15) is 11.4 Å². The number of aryl methyl sites for hydroxylation is 1. The number of hydrogen-bond acceptors (Lipinski definition) is 4.